The van der Waals surface area contributed by atoms with Gasteiger partial charge in [-0.25, -0.2) is 4.98 Å². The molecule has 104 valence electrons. The molecule has 1 fully saturated rings. The van der Waals surface area contributed by atoms with Crippen LogP contribution >= 0.6 is 11.3 Å². The van der Waals surface area contributed by atoms with E-state index >= 15 is 0 Å². The maximum atomic E-state index is 12.5. The minimum absolute atomic E-state index is 0.0328. The highest BCUT2D eigenvalue weighted by Gasteiger charge is 2.32. The molecular formula is C14H16N4OS. The zero-order valence-corrected chi connectivity index (χ0v) is 12.1. The van der Waals surface area contributed by atoms with Crippen LogP contribution in [-0.2, 0) is 0 Å². The first kappa shape index (κ1) is 13.1. The molecule has 2 aromatic rings. The van der Waals surface area contributed by atoms with Crippen molar-refractivity contribution >= 4 is 23.1 Å². The maximum Gasteiger partial charge on any atom is 0.264 e. The molecule has 1 atom stereocenters. The Hall–Kier alpha value is -1.95. The Labute approximate surface area is 121 Å². The van der Waals surface area contributed by atoms with Crippen LogP contribution in [0.4, 0.5) is 5.82 Å². The first-order chi connectivity index (χ1) is 9.79. The van der Waals surface area contributed by atoms with Crippen LogP contribution in [0.2, 0.25) is 0 Å². The van der Waals surface area contributed by atoms with Crippen molar-refractivity contribution in [2.45, 2.75) is 18.9 Å². The van der Waals surface area contributed by atoms with Crippen molar-refractivity contribution in [2.75, 3.05) is 18.9 Å². The van der Waals surface area contributed by atoms with E-state index in [1.54, 1.807) is 12.4 Å². The van der Waals surface area contributed by atoms with E-state index in [-0.39, 0.29) is 11.9 Å². The summed E-state index contributed by atoms with van der Waals surface area (Å²) in [5, 5.41) is 4.92. The molecule has 5 nitrogen and oxygen atoms in total. The highest BCUT2D eigenvalue weighted by molar-refractivity contribution is 7.12. The second kappa shape index (κ2) is 5.58. The molecule has 20 heavy (non-hydrogen) atoms. The van der Waals surface area contributed by atoms with Crippen molar-refractivity contribution in [3.05, 3.63) is 40.5 Å². The number of rotatable bonds is 3. The Morgan fingerprint density at radius 2 is 2.40 bits per heavy atom. The van der Waals surface area contributed by atoms with Gasteiger partial charge in [-0.2, -0.15) is 0 Å². The number of nitrogens with zero attached hydrogens (tertiary/aromatic N) is 3. The van der Waals surface area contributed by atoms with Crippen molar-refractivity contribution in [1.29, 1.82) is 0 Å². The number of carbonyl (C=O) groups excluding carboxylic acids is 1. The molecule has 0 bridgehead atoms. The summed E-state index contributed by atoms with van der Waals surface area (Å²) in [4.78, 5) is 23.9. The van der Waals surface area contributed by atoms with Crippen LogP contribution in [0.5, 0.6) is 0 Å². The third kappa shape index (κ3) is 2.38. The third-order valence-electron chi connectivity index (χ3n) is 3.50. The van der Waals surface area contributed by atoms with E-state index in [0.29, 0.717) is 0 Å². The van der Waals surface area contributed by atoms with Gasteiger partial charge in [-0.15, -0.1) is 11.3 Å². The Balaban J connectivity index is 1.86. The molecule has 3 heterocycles. The average Bonchev–Trinajstić information content (AvgIpc) is 3.17. The minimum Gasteiger partial charge on any atom is -0.372 e. The standard InChI is InChI=1S/C14H16N4OS/c1-15-13-9-16-8-10(17-13)11-4-2-6-18(11)14(19)12-5-3-7-20-12/h3,5,7-9,11H,2,4,6H2,1H3,(H,15,17). The second-order valence-electron chi connectivity index (χ2n) is 4.71. The molecule has 1 saturated heterocycles. The summed E-state index contributed by atoms with van der Waals surface area (Å²) in [6, 6.07) is 3.81. The van der Waals surface area contributed by atoms with Crippen LogP contribution in [0.15, 0.2) is 29.9 Å². The third-order valence-corrected chi connectivity index (χ3v) is 4.35. The molecule has 1 aliphatic rings. The van der Waals surface area contributed by atoms with Gasteiger partial charge >= 0.3 is 0 Å². The molecule has 3 rings (SSSR count). The highest BCUT2D eigenvalue weighted by Crippen LogP contribution is 2.32. The molecule has 0 radical (unpaired) electrons. The van der Waals surface area contributed by atoms with Crippen molar-refractivity contribution in [1.82, 2.24) is 14.9 Å². The molecule has 0 aromatic carbocycles. The molecule has 0 spiro atoms. The fourth-order valence-electron chi connectivity index (χ4n) is 2.52. The molecule has 1 unspecified atom stereocenters. The van der Waals surface area contributed by atoms with Crippen molar-refractivity contribution in [3.63, 3.8) is 0 Å². The number of hydrogen-bond donors (Lipinski definition) is 1. The first-order valence-electron chi connectivity index (χ1n) is 6.64. The van der Waals surface area contributed by atoms with Crippen molar-refractivity contribution in [2.24, 2.45) is 0 Å². The maximum absolute atomic E-state index is 12.5. The predicted octanol–water partition coefficient (Wildman–Crippen LogP) is 2.56. The summed E-state index contributed by atoms with van der Waals surface area (Å²) >= 11 is 1.48. The van der Waals surface area contributed by atoms with E-state index < -0.39 is 0 Å². The van der Waals surface area contributed by atoms with Gasteiger partial charge in [0.05, 0.1) is 29.0 Å². The molecule has 1 aliphatic heterocycles. The van der Waals surface area contributed by atoms with E-state index in [9.17, 15) is 4.79 Å². The number of amides is 1. The highest BCUT2D eigenvalue weighted by atomic mass is 32.1. The summed E-state index contributed by atoms with van der Waals surface area (Å²) in [5.41, 5.74) is 0.860. The number of aromatic nitrogens is 2. The van der Waals surface area contributed by atoms with Gasteiger partial charge in [0, 0.05) is 13.6 Å². The summed E-state index contributed by atoms with van der Waals surface area (Å²) in [6.07, 6.45) is 5.39. The lowest BCUT2D eigenvalue weighted by atomic mass is 10.1. The van der Waals surface area contributed by atoms with Crippen molar-refractivity contribution in [3.8, 4) is 0 Å². The molecule has 1 N–H and O–H groups in total. The topological polar surface area (TPSA) is 58.1 Å². The molecule has 6 heteroatoms. The lowest BCUT2D eigenvalue weighted by Gasteiger charge is -2.23. The summed E-state index contributed by atoms with van der Waals surface area (Å²) in [7, 11) is 1.82. The van der Waals surface area contributed by atoms with Gasteiger partial charge in [-0.05, 0) is 24.3 Å². The number of likely N-dealkylation sites (tertiary alicyclic amines) is 1. The SMILES string of the molecule is CNc1cncc(C2CCCN2C(=O)c2cccs2)n1. The van der Waals surface area contributed by atoms with E-state index in [1.165, 1.54) is 11.3 Å². The quantitative estimate of drug-likeness (QED) is 0.943. The minimum atomic E-state index is 0.0328. The first-order valence-corrected chi connectivity index (χ1v) is 7.51. The van der Waals surface area contributed by atoms with Gasteiger partial charge in [0.25, 0.3) is 5.91 Å². The van der Waals surface area contributed by atoms with Crippen LogP contribution in [0.25, 0.3) is 0 Å². The van der Waals surface area contributed by atoms with Crippen LogP contribution in [0.1, 0.15) is 34.2 Å². The van der Waals surface area contributed by atoms with E-state index in [1.807, 2.05) is 29.5 Å². The fourth-order valence-corrected chi connectivity index (χ4v) is 3.20. The van der Waals surface area contributed by atoms with Gasteiger partial charge in [0.1, 0.15) is 5.82 Å². The summed E-state index contributed by atoms with van der Waals surface area (Å²) in [6.45, 7) is 0.785. The normalized spacial score (nSPS) is 18.2. The van der Waals surface area contributed by atoms with E-state index in [0.717, 1.165) is 35.8 Å². The van der Waals surface area contributed by atoms with Gasteiger partial charge in [-0.1, -0.05) is 6.07 Å². The molecule has 0 saturated carbocycles. The van der Waals surface area contributed by atoms with E-state index in [4.69, 9.17) is 0 Å². The van der Waals surface area contributed by atoms with Gasteiger partial charge in [-0.3, -0.25) is 9.78 Å². The number of nitrogens with one attached hydrogen (secondary N) is 1. The zero-order valence-electron chi connectivity index (χ0n) is 11.2. The molecular weight excluding hydrogens is 272 g/mol. The van der Waals surface area contributed by atoms with Crippen LogP contribution in [0, 0.1) is 0 Å². The number of thiophene rings is 1. The lowest BCUT2D eigenvalue weighted by molar-refractivity contribution is 0.0737. The number of hydrogen-bond acceptors (Lipinski definition) is 5. The van der Waals surface area contributed by atoms with E-state index in [2.05, 4.69) is 15.3 Å². The Kier molecular flexibility index (Phi) is 3.64. The average molecular weight is 288 g/mol. The lowest BCUT2D eigenvalue weighted by Crippen LogP contribution is -2.30. The van der Waals surface area contributed by atoms with Gasteiger partial charge < -0.3 is 10.2 Å². The molecule has 2 aromatic heterocycles. The van der Waals surface area contributed by atoms with Crippen molar-refractivity contribution < 1.29 is 4.79 Å². The Morgan fingerprint density at radius 3 is 3.15 bits per heavy atom. The molecule has 0 aliphatic carbocycles. The zero-order chi connectivity index (χ0) is 13.9. The molecule has 1 amide bonds. The Bertz CT molecular complexity index is 599. The van der Waals surface area contributed by atoms with Crippen LogP contribution in [-0.4, -0.2) is 34.4 Å². The van der Waals surface area contributed by atoms with Gasteiger partial charge in [0.2, 0.25) is 0 Å². The Morgan fingerprint density at radius 1 is 1.50 bits per heavy atom. The summed E-state index contributed by atoms with van der Waals surface area (Å²) < 4.78 is 0. The number of carbonyl (C=O) groups is 1. The smallest absolute Gasteiger partial charge is 0.264 e. The van der Waals surface area contributed by atoms with Crippen LogP contribution in [0.3, 0.4) is 0 Å². The second-order valence-corrected chi connectivity index (χ2v) is 5.66. The fraction of sp³-hybridized carbons (Fsp3) is 0.357. The monoisotopic (exact) mass is 288 g/mol. The largest absolute Gasteiger partial charge is 0.372 e. The predicted molar refractivity (Wildman–Crippen MR) is 78.9 cm³/mol. The van der Waals surface area contributed by atoms with Crippen LogP contribution < -0.4 is 5.32 Å². The number of anilines is 1. The summed E-state index contributed by atoms with van der Waals surface area (Å²) in [5.74, 6) is 0.831. The van der Waals surface area contributed by atoms with Gasteiger partial charge in [0.15, 0.2) is 0 Å².